The van der Waals surface area contributed by atoms with Crippen molar-refractivity contribution in [3.8, 4) is 0 Å². The molecule has 0 heterocycles. The van der Waals surface area contributed by atoms with Crippen LogP contribution in [0.3, 0.4) is 0 Å². The van der Waals surface area contributed by atoms with Gasteiger partial charge in [0.2, 0.25) is 5.91 Å². The first-order valence-corrected chi connectivity index (χ1v) is 5.38. The predicted octanol–water partition coefficient (Wildman–Crippen LogP) is 2.09. The van der Waals surface area contributed by atoms with Crippen molar-refractivity contribution < 1.29 is 22.7 Å². The molecule has 0 bridgehead atoms. The molecule has 7 heteroatoms. The van der Waals surface area contributed by atoms with Gasteiger partial charge in [0.25, 0.3) is 0 Å². The Bertz CT molecular complexity index is 211. The fraction of sp³-hybridized carbons (Fsp3) is 0.889. The van der Waals surface area contributed by atoms with E-state index in [1.165, 1.54) is 0 Å². The number of carbonyl (C=O) groups is 1. The molecule has 16 heavy (non-hydrogen) atoms. The lowest BCUT2D eigenvalue weighted by molar-refractivity contribution is -0.174. The Hall–Kier alpha value is -0.490. The van der Waals surface area contributed by atoms with Crippen LogP contribution in [0.4, 0.5) is 13.2 Å². The maximum absolute atomic E-state index is 11.7. The van der Waals surface area contributed by atoms with Crippen molar-refractivity contribution in [3.05, 3.63) is 0 Å². The fourth-order valence-electron chi connectivity index (χ4n) is 0.936. The van der Waals surface area contributed by atoms with Gasteiger partial charge in [-0.1, -0.05) is 0 Å². The molecular formula is C9H15ClF3NO2. The average Bonchev–Trinajstić information content (AvgIpc) is 2.11. The van der Waals surface area contributed by atoms with Crippen molar-refractivity contribution in [2.45, 2.75) is 32.0 Å². The number of rotatable bonds is 7. The lowest BCUT2D eigenvalue weighted by Crippen LogP contribution is -2.33. The Balaban J connectivity index is 3.51. The highest BCUT2D eigenvalue weighted by molar-refractivity contribution is 6.17. The summed E-state index contributed by atoms with van der Waals surface area (Å²) in [5.41, 5.74) is 0. The summed E-state index contributed by atoms with van der Waals surface area (Å²) in [6.07, 6.45) is -3.80. The van der Waals surface area contributed by atoms with Crippen LogP contribution in [-0.4, -0.2) is 37.2 Å². The third-order valence-electron chi connectivity index (χ3n) is 1.69. The molecule has 3 nitrogen and oxygen atoms in total. The summed E-state index contributed by atoms with van der Waals surface area (Å²) < 4.78 is 39.2. The van der Waals surface area contributed by atoms with E-state index in [4.69, 9.17) is 11.6 Å². The minimum absolute atomic E-state index is 0.0763. The molecule has 0 saturated carbocycles. The van der Waals surface area contributed by atoms with Gasteiger partial charge in [-0.25, -0.2) is 0 Å². The first kappa shape index (κ1) is 15.5. The topological polar surface area (TPSA) is 38.3 Å². The summed E-state index contributed by atoms with van der Waals surface area (Å²) >= 11 is 5.46. The first-order valence-electron chi connectivity index (χ1n) is 4.85. The molecule has 0 aliphatic rings. The van der Waals surface area contributed by atoms with E-state index in [9.17, 15) is 18.0 Å². The molecule has 96 valence electrons. The van der Waals surface area contributed by atoms with E-state index in [1.54, 1.807) is 6.92 Å². The predicted molar refractivity (Wildman–Crippen MR) is 54.4 cm³/mol. The molecule has 0 aliphatic carbocycles. The molecule has 0 aromatic carbocycles. The number of carbonyl (C=O) groups excluding carboxylic acids is 1. The van der Waals surface area contributed by atoms with Crippen LogP contribution in [0.25, 0.3) is 0 Å². The van der Waals surface area contributed by atoms with Crippen LogP contribution in [0, 0.1) is 0 Å². The van der Waals surface area contributed by atoms with Crippen molar-refractivity contribution in [2.75, 3.05) is 19.1 Å². The summed E-state index contributed by atoms with van der Waals surface area (Å²) in [7, 11) is 0. The van der Waals surface area contributed by atoms with Crippen LogP contribution in [0.2, 0.25) is 0 Å². The zero-order valence-corrected chi connectivity index (χ0v) is 9.70. The molecule has 1 amide bonds. The lowest BCUT2D eigenvalue weighted by Gasteiger charge is -2.12. The van der Waals surface area contributed by atoms with Crippen molar-refractivity contribution in [2.24, 2.45) is 0 Å². The van der Waals surface area contributed by atoms with Gasteiger partial charge in [-0.3, -0.25) is 4.79 Å². The molecule has 0 radical (unpaired) electrons. The van der Waals surface area contributed by atoms with Crippen LogP contribution >= 0.6 is 11.6 Å². The normalized spacial score (nSPS) is 13.6. The van der Waals surface area contributed by atoms with Crippen LogP contribution < -0.4 is 5.32 Å². The number of hydrogen-bond donors (Lipinski definition) is 1. The Morgan fingerprint density at radius 2 is 2.12 bits per heavy atom. The largest absolute Gasteiger partial charge is 0.411 e. The fourth-order valence-corrected chi connectivity index (χ4v) is 1.26. The number of ether oxygens (including phenoxy) is 1. The molecule has 0 fully saturated rings. The van der Waals surface area contributed by atoms with Crippen molar-refractivity contribution in [3.63, 3.8) is 0 Å². The minimum atomic E-state index is -4.34. The van der Waals surface area contributed by atoms with Gasteiger partial charge in [0.15, 0.2) is 0 Å². The first-order chi connectivity index (χ1) is 7.35. The van der Waals surface area contributed by atoms with E-state index >= 15 is 0 Å². The highest BCUT2D eigenvalue weighted by Gasteiger charge is 2.27. The molecule has 1 atom stereocenters. The quantitative estimate of drug-likeness (QED) is 0.563. The zero-order valence-electron chi connectivity index (χ0n) is 8.94. The SMILES string of the molecule is CC(CCCl)NC(=O)CCOCC(F)(F)F. The molecule has 0 saturated heterocycles. The monoisotopic (exact) mass is 261 g/mol. The van der Waals surface area contributed by atoms with E-state index in [0.29, 0.717) is 12.3 Å². The Morgan fingerprint density at radius 1 is 1.50 bits per heavy atom. The third-order valence-corrected chi connectivity index (χ3v) is 1.91. The van der Waals surface area contributed by atoms with Gasteiger partial charge >= 0.3 is 6.18 Å². The van der Waals surface area contributed by atoms with Gasteiger partial charge in [-0.2, -0.15) is 13.2 Å². The summed E-state index contributed by atoms with van der Waals surface area (Å²) in [4.78, 5) is 11.1. The maximum atomic E-state index is 11.7. The molecule has 1 N–H and O–H groups in total. The average molecular weight is 262 g/mol. The summed E-state index contributed by atoms with van der Waals surface area (Å²) in [6.45, 7) is 0.216. The second kappa shape index (κ2) is 7.73. The zero-order chi connectivity index (χ0) is 12.6. The molecule has 0 aromatic rings. The summed E-state index contributed by atoms with van der Waals surface area (Å²) in [5.74, 6) is 0.0891. The van der Waals surface area contributed by atoms with Crippen LogP contribution in [0.5, 0.6) is 0 Å². The highest BCUT2D eigenvalue weighted by atomic mass is 35.5. The van der Waals surface area contributed by atoms with E-state index in [1.807, 2.05) is 0 Å². The standard InChI is InChI=1S/C9H15ClF3NO2/c1-7(2-4-10)14-8(15)3-5-16-6-9(11,12)13/h7H,2-6H2,1H3,(H,14,15). The van der Waals surface area contributed by atoms with Crippen molar-refractivity contribution in [1.29, 1.82) is 0 Å². The van der Waals surface area contributed by atoms with E-state index in [-0.39, 0.29) is 25.0 Å². The van der Waals surface area contributed by atoms with Gasteiger partial charge in [0, 0.05) is 18.3 Å². The van der Waals surface area contributed by atoms with Crippen LogP contribution in [-0.2, 0) is 9.53 Å². The van der Waals surface area contributed by atoms with Gasteiger partial charge in [-0.15, -0.1) is 11.6 Å². The summed E-state index contributed by atoms with van der Waals surface area (Å²) in [6, 6.07) is -0.0763. The molecule has 0 rings (SSSR count). The number of halogens is 4. The lowest BCUT2D eigenvalue weighted by atomic mass is 10.2. The molecule has 0 spiro atoms. The van der Waals surface area contributed by atoms with E-state index < -0.39 is 12.8 Å². The number of nitrogens with one attached hydrogen (secondary N) is 1. The number of hydrogen-bond acceptors (Lipinski definition) is 2. The van der Waals surface area contributed by atoms with Gasteiger partial charge in [0.1, 0.15) is 6.61 Å². The minimum Gasteiger partial charge on any atom is -0.372 e. The van der Waals surface area contributed by atoms with Crippen LogP contribution in [0.1, 0.15) is 19.8 Å². The van der Waals surface area contributed by atoms with Gasteiger partial charge < -0.3 is 10.1 Å². The third kappa shape index (κ3) is 10.0. The molecular weight excluding hydrogens is 247 g/mol. The second-order valence-electron chi connectivity index (χ2n) is 3.36. The van der Waals surface area contributed by atoms with Gasteiger partial charge in [-0.05, 0) is 13.3 Å². The molecule has 0 aliphatic heterocycles. The maximum Gasteiger partial charge on any atom is 0.411 e. The Kier molecular flexibility index (Phi) is 7.49. The number of amides is 1. The second-order valence-corrected chi connectivity index (χ2v) is 3.74. The molecule has 0 aromatic heterocycles. The van der Waals surface area contributed by atoms with Gasteiger partial charge in [0.05, 0.1) is 6.61 Å². The van der Waals surface area contributed by atoms with Crippen molar-refractivity contribution >= 4 is 17.5 Å². The Morgan fingerprint density at radius 3 is 2.62 bits per heavy atom. The smallest absolute Gasteiger partial charge is 0.372 e. The Labute approximate surface area is 97.3 Å². The van der Waals surface area contributed by atoms with E-state index in [2.05, 4.69) is 10.1 Å². The van der Waals surface area contributed by atoms with E-state index in [0.717, 1.165) is 0 Å². The number of alkyl halides is 4. The summed E-state index contributed by atoms with van der Waals surface area (Å²) in [5, 5.41) is 2.59. The van der Waals surface area contributed by atoms with Crippen LogP contribution in [0.15, 0.2) is 0 Å². The van der Waals surface area contributed by atoms with Crippen molar-refractivity contribution in [1.82, 2.24) is 5.32 Å². The highest BCUT2D eigenvalue weighted by Crippen LogP contribution is 2.14. The molecule has 1 unspecified atom stereocenters.